The van der Waals surface area contributed by atoms with Gasteiger partial charge in [-0.05, 0) is 31.0 Å². The second-order valence-electron chi connectivity index (χ2n) is 5.64. The van der Waals surface area contributed by atoms with Crippen LogP contribution in [-0.4, -0.2) is 27.5 Å². The summed E-state index contributed by atoms with van der Waals surface area (Å²) in [4.78, 5) is 11.8. The summed E-state index contributed by atoms with van der Waals surface area (Å²) >= 11 is 0. The molecule has 0 aliphatic rings. The molecule has 0 heterocycles. The van der Waals surface area contributed by atoms with Gasteiger partial charge in [-0.2, -0.15) is 0 Å². The third-order valence-corrected chi connectivity index (χ3v) is 4.81. The Hall–Kier alpha value is -1.60. The zero-order chi connectivity index (χ0) is 16.8. The normalized spacial score (nSPS) is 13.0. The topological polar surface area (TPSA) is 87.3 Å². The third kappa shape index (κ3) is 6.44. The molecule has 1 rings (SSSR count). The number of urea groups is 1. The molecule has 0 spiro atoms. The molecule has 7 heteroatoms. The number of carbonyl (C=O) groups excluding carboxylic acids is 1. The number of sulfonamides is 1. The summed E-state index contributed by atoms with van der Waals surface area (Å²) in [6.45, 7) is 6.38. The van der Waals surface area contributed by atoms with Crippen molar-refractivity contribution in [3.8, 4) is 0 Å². The SMILES string of the molecule is CNS(=O)(=O)Cc1cccc(CNC(=O)N[C@H](C)C(C)C)c1. The predicted octanol–water partition coefficient (Wildman–Crippen LogP) is 1.58. The summed E-state index contributed by atoms with van der Waals surface area (Å²) in [6.07, 6.45) is 0. The van der Waals surface area contributed by atoms with Crippen LogP contribution in [0.1, 0.15) is 31.9 Å². The molecule has 6 nitrogen and oxygen atoms in total. The standard InChI is InChI=1S/C15H25N3O3S/c1-11(2)12(3)18-15(19)17-9-13-6-5-7-14(8-13)10-22(20,21)16-4/h5-8,11-12,16H,9-10H2,1-4H3,(H2,17,18,19)/t12-/m1/s1. The summed E-state index contributed by atoms with van der Waals surface area (Å²) in [5, 5.41) is 5.63. The lowest BCUT2D eigenvalue weighted by molar-refractivity contribution is 0.234. The van der Waals surface area contributed by atoms with E-state index >= 15 is 0 Å². The molecular formula is C15H25N3O3S. The molecule has 0 saturated heterocycles. The molecule has 2 amide bonds. The Labute approximate surface area is 132 Å². The second kappa shape index (κ2) is 8.14. The molecule has 0 radical (unpaired) electrons. The lowest BCUT2D eigenvalue weighted by atomic mass is 10.1. The van der Waals surface area contributed by atoms with Gasteiger partial charge < -0.3 is 10.6 Å². The van der Waals surface area contributed by atoms with Crippen molar-refractivity contribution in [2.45, 2.75) is 39.1 Å². The van der Waals surface area contributed by atoms with Gasteiger partial charge in [0.25, 0.3) is 0 Å². The molecule has 0 aliphatic heterocycles. The van der Waals surface area contributed by atoms with Crippen LogP contribution in [0.3, 0.4) is 0 Å². The number of benzene rings is 1. The van der Waals surface area contributed by atoms with Crippen LogP contribution in [0.15, 0.2) is 24.3 Å². The van der Waals surface area contributed by atoms with E-state index in [1.165, 1.54) is 7.05 Å². The van der Waals surface area contributed by atoms with Crippen molar-refractivity contribution in [2.75, 3.05) is 7.05 Å². The van der Waals surface area contributed by atoms with E-state index in [-0.39, 0.29) is 17.8 Å². The smallest absolute Gasteiger partial charge is 0.315 e. The van der Waals surface area contributed by atoms with Crippen molar-refractivity contribution < 1.29 is 13.2 Å². The fourth-order valence-corrected chi connectivity index (χ4v) is 2.49. The molecule has 1 aromatic rings. The highest BCUT2D eigenvalue weighted by molar-refractivity contribution is 7.88. The van der Waals surface area contributed by atoms with Gasteiger partial charge in [0.05, 0.1) is 5.75 Å². The lowest BCUT2D eigenvalue weighted by Gasteiger charge is -2.18. The number of amides is 2. The summed E-state index contributed by atoms with van der Waals surface area (Å²) < 4.78 is 25.4. The highest BCUT2D eigenvalue weighted by Crippen LogP contribution is 2.08. The molecule has 0 aliphatic carbocycles. The Balaban J connectivity index is 2.58. The van der Waals surface area contributed by atoms with Crippen molar-refractivity contribution in [2.24, 2.45) is 5.92 Å². The third-order valence-electron chi connectivity index (χ3n) is 3.47. The monoisotopic (exact) mass is 327 g/mol. The minimum atomic E-state index is -3.30. The van der Waals surface area contributed by atoms with Crippen LogP contribution in [0.25, 0.3) is 0 Å². The predicted molar refractivity (Wildman–Crippen MR) is 87.8 cm³/mol. The molecule has 0 aromatic heterocycles. The first-order valence-electron chi connectivity index (χ1n) is 7.27. The van der Waals surface area contributed by atoms with E-state index in [9.17, 15) is 13.2 Å². The first-order chi connectivity index (χ1) is 10.2. The van der Waals surface area contributed by atoms with Crippen LogP contribution in [0.5, 0.6) is 0 Å². The number of rotatable bonds is 7. The van der Waals surface area contributed by atoms with Gasteiger partial charge >= 0.3 is 6.03 Å². The fraction of sp³-hybridized carbons (Fsp3) is 0.533. The molecule has 1 atom stereocenters. The van der Waals surface area contributed by atoms with Gasteiger partial charge in [-0.15, -0.1) is 0 Å². The van der Waals surface area contributed by atoms with Gasteiger partial charge in [0, 0.05) is 12.6 Å². The number of hydrogen-bond acceptors (Lipinski definition) is 3. The van der Waals surface area contributed by atoms with Crippen molar-refractivity contribution in [1.29, 1.82) is 0 Å². The molecule has 124 valence electrons. The summed E-state index contributed by atoms with van der Waals surface area (Å²) in [7, 11) is -1.91. The van der Waals surface area contributed by atoms with Gasteiger partial charge in [0.15, 0.2) is 0 Å². The maximum atomic E-state index is 11.8. The first kappa shape index (κ1) is 18.4. The van der Waals surface area contributed by atoms with E-state index in [1.54, 1.807) is 18.2 Å². The Morgan fingerprint density at radius 1 is 1.18 bits per heavy atom. The van der Waals surface area contributed by atoms with Gasteiger partial charge in [-0.25, -0.2) is 17.9 Å². The average molecular weight is 327 g/mol. The zero-order valence-electron chi connectivity index (χ0n) is 13.5. The molecule has 22 heavy (non-hydrogen) atoms. The minimum Gasteiger partial charge on any atom is -0.335 e. The van der Waals surface area contributed by atoms with E-state index in [2.05, 4.69) is 15.4 Å². The molecule has 0 bridgehead atoms. The van der Waals surface area contributed by atoms with E-state index in [4.69, 9.17) is 0 Å². The quantitative estimate of drug-likeness (QED) is 0.710. The first-order valence-corrected chi connectivity index (χ1v) is 8.92. The summed E-state index contributed by atoms with van der Waals surface area (Å²) in [6, 6.07) is 7.02. The second-order valence-corrected chi connectivity index (χ2v) is 7.57. The maximum absolute atomic E-state index is 11.8. The van der Waals surface area contributed by atoms with Crippen molar-refractivity contribution >= 4 is 16.1 Å². The maximum Gasteiger partial charge on any atom is 0.315 e. The molecule has 1 aromatic carbocycles. The highest BCUT2D eigenvalue weighted by Gasteiger charge is 2.11. The van der Waals surface area contributed by atoms with E-state index in [1.807, 2.05) is 26.8 Å². The molecule has 0 unspecified atom stereocenters. The Bertz CT molecular complexity index is 600. The Morgan fingerprint density at radius 3 is 2.41 bits per heavy atom. The number of nitrogens with one attached hydrogen (secondary N) is 3. The van der Waals surface area contributed by atoms with Gasteiger partial charge in [-0.3, -0.25) is 0 Å². The summed E-state index contributed by atoms with van der Waals surface area (Å²) in [5.41, 5.74) is 1.54. The Kier molecular flexibility index (Phi) is 6.83. The van der Waals surface area contributed by atoms with Crippen LogP contribution in [-0.2, 0) is 22.3 Å². The Morgan fingerprint density at radius 2 is 1.82 bits per heavy atom. The van der Waals surface area contributed by atoms with Gasteiger partial charge in [0.1, 0.15) is 0 Å². The number of hydrogen-bond donors (Lipinski definition) is 3. The van der Waals surface area contributed by atoms with Gasteiger partial charge in [0.2, 0.25) is 10.0 Å². The number of carbonyl (C=O) groups is 1. The van der Waals surface area contributed by atoms with Crippen LogP contribution in [0.2, 0.25) is 0 Å². The van der Waals surface area contributed by atoms with E-state index in [0.717, 1.165) is 5.56 Å². The minimum absolute atomic E-state index is 0.0755. The molecular weight excluding hydrogens is 302 g/mol. The highest BCUT2D eigenvalue weighted by atomic mass is 32.2. The van der Waals surface area contributed by atoms with Gasteiger partial charge in [-0.1, -0.05) is 38.1 Å². The molecule has 3 N–H and O–H groups in total. The lowest BCUT2D eigenvalue weighted by Crippen LogP contribution is -2.42. The van der Waals surface area contributed by atoms with E-state index in [0.29, 0.717) is 18.0 Å². The largest absolute Gasteiger partial charge is 0.335 e. The fourth-order valence-electron chi connectivity index (χ4n) is 1.73. The van der Waals surface area contributed by atoms with Crippen LogP contribution >= 0.6 is 0 Å². The molecule has 0 saturated carbocycles. The molecule has 0 fully saturated rings. The van der Waals surface area contributed by atoms with E-state index < -0.39 is 10.0 Å². The zero-order valence-corrected chi connectivity index (χ0v) is 14.3. The van der Waals surface area contributed by atoms with Crippen LogP contribution in [0, 0.1) is 5.92 Å². The van der Waals surface area contributed by atoms with Crippen molar-refractivity contribution in [1.82, 2.24) is 15.4 Å². The van der Waals surface area contributed by atoms with Crippen LogP contribution in [0.4, 0.5) is 4.79 Å². The van der Waals surface area contributed by atoms with Crippen molar-refractivity contribution in [3.63, 3.8) is 0 Å². The average Bonchev–Trinajstić information content (AvgIpc) is 2.45. The van der Waals surface area contributed by atoms with Crippen LogP contribution < -0.4 is 15.4 Å². The van der Waals surface area contributed by atoms with Crippen molar-refractivity contribution in [3.05, 3.63) is 35.4 Å². The summed E-state index contributed by atoms with van der Waals surface area (Å²) in [5.74, 6) is 0.286.